The number of amides is 1. The number of anilines is 3. The van der Waals surface area contributed by atoms with E-state index < -0.39 is 17.6 Å². The highest BCUT2D eigenvalue weighted by Crippen LogP contribution is 2.32. The summed E-state index contributed by atoms with van der Waals surface area (Å²) >= 11 is 1.15. The van der Waals surface area contributed by atoms with Crippen molar-refractivity contribution in [2.45, 2.75) is 26.4 Å². The monoisotopic (exact) mass is 405 g/mol. The van der Waals surface area contributed by atoms with Crippen LogP contribution >= 0.6 is 11.3 Å². The minimum Gasteiger partial charge on any atom is -0.331 e. The molecule has 1 heterocycles. The smallest absolute Gasteiger partial charge is 0.331 e. The molecule has 146 valence electrons. The SMILES string of the molecule is CCc1ccccc1Nc1nc(C)c(C(=O)Nc2cccc(C(F)(F)F)c2)s1. The van der Waals surface area contributed by atoms with Crippen molar-refractivity contribution in [2.24, 2.45) is 0 Å². The summed E-state index contributed by atoms with van der Waals surface area (Å²) in [5.41, 5.74) is 1.79. The molecule has 1 aromatic heterocycles. The Balaban J connectivity index is 1.78. The summed E-state index contributed by atoms with van der Waals surface area (Å²) in [5.74, 6) is -0.494. The molecule has 0 spiro atoms. The summed E-state index contributed by atoms with van der Waals surface area (Å²) in [6, 6.07) is 12.3. The zero-order valence-corrected chi connectivity index (χ0v) is 16.0. The third-order valence-corrected chi connectivity index (χ3v) is 5.16. The molecule has 0 aliphatic carbocycles. The predicted molar refractivity (Wildman–Crippen MR) is 105 cm³/mol. The second-order valence-corrected chi connectivity index (χ2v) is 7.10. The highest BCUT2D eigenvalue weighted by atomic mass is 32.1. The molecule has 0 bridgehead atoms. The van der Waals surface area contributed by atoms with Crippen LogP contribution in [0, 0.1) is 6.92 Å². The second kappa shape index (κ2) is 8.02. The maximum Gasteiger partial charge on any atom is 0.416 e. The molecule has 0 aliphatic heterocycles. The molecule has 1 amide bonds. The Morgan fingerprint density at radius 1 is 1.14 bits per heavy atom. The molecule has 0 saturated heterocycles. The lowest BCUT2D eigenvalue weighted by molar-refractivity contribution is -0.137. The third-order valence-electron chi connectivity index (χ3n) is 4.09. The Bertz CT molecular complexity index is 998. The highest BCUT2D eigenvalue weighted by molar-refractivity contribution is 7.17. The van der Waals surface area contributed by atoms with Crippen LogP contribution in [0.25, 0.3) is 0 Å². The standard InChI is InChI=1S/C20H18F3N3OS/c1-3-13-7-4-5-10-16(13)26-19-24-12(2)17(28-19)18(27)25-15-9-6-8-14(11-15)20(21,22)23/h4-11H,3H2,1-2H3,(H,24,26)(H,25,27). The molecule has 0 aliphatic rings. The number of hydrogen-bond donors (Lipinski definition) is 2. The van der Waals surface area contributed by atoms with E-state index in [0.717, 1.165) is 41.1 Å². The van der Waals surface area contributed by atoms with E-state index in [1.165, 1.54) is 12.1 Å². The van der Waals surface area contributed by atoms with Gasteiger partial charge in [0, 0.05) is 11.4 Å². The average Bonchev–Trinajstić information content (AvgIpc) is 3.02. The number of nitrogens with one attached hydrogen (secondary N) is 2. The summed E-state index contributed by atoms with van der Waals surface area (Å²) in [6.07, 6.45) is -3.62. The number of nitrogens with zero attached hydrogens (tertiary/aromatic N) is 1. The van der Waals surface area contributed by atoms with Crippen molar-refractivity contribution in [3.63, 3.8) is 0 Å². The number of benzene rings is 2. The van der Waals surface area contributed by atoms with Crippen LogP contribution in [0.15, 0.2) is 48.5 Å². The van der Waals surface area contributed by atoms with Gasteiger partial charge >= 0.3 is 6.18 Å². The highest BCUT2D eigenvalue weighted by Gasteiger charge is 2.30. The number of para-hydroxylation sites is 1. The van der Waals surface area contributed by atoms with Gasteiger partial charge in [-0.2, -0.15) is 13.2 Å². The van der Waals surface area contributed by atoms with Crippen LogP contribution < -0.4 is 10.6 Å². The molecule has 2 N–H and O–H groups in total. The van der Waals surface area contributed by atoms with E-state index in [1.54, 1.807) is 6.92 Å². The summed E-state index contributed by atoms with van der Waals surface area (Å²) in [4.78, 5) is 17.2. The largest absolute Gasteiger partial charge is 0.416 e. The maximum atomic E-state index is 12.8. The lowest BCUT2D eigenvalue weighted by atomic mass is 10.1. The van der Waals surface area contributed by atoms with E-state index in [-0.39, 0.29) is 5.69 Å². The van der Waals surface area contributed by atoms with Gasteiger partial charge in [-0.15, -0.1) is 0 Å². The van der Waals surface area contributed by atoms with E-state index in [2.05, 4.69) is 15.6 Å². The van der Waals surface area contributed by atoms with Gasteiger partial charge in [0.25, 0.3) is 5.91 Å². The number of thiazole rings is 1. The van der Waals surface area contributed by atoms with Crippen LogP contribution in [0.1, 0.15) is 33.4 Å². The summed E-state index contributed by atoms with van der Waals surface area (Å²) in [5, 5.41) is 6.27. The average molecular weight is 405 g/mol. The predicted octanol–water partition coefficient (Wildman–Crippen LogP) is 6.03. The molecule has 0 unspecified atom stereocenters. The van der Waals surface area contributed by atoms with Crippen molar-refractivity contribution in [1.82, 2.24) is 4.98 Å². The number of hydrogen-bond acceptors (Lipinski definition) is 4. The van der Waals surface area contributed by atoms with Gasteiger partial charge in [-0.05, 0) is 43.2 Å². The Morgan fingerprint density at radius 3 is 2.61 bits per heavy atom. The molecule has 0 radical (unpaired) electrons. The topological polar surface area (TPSA) is 54.0 Å². The van der Waals surface area contributed by atoms with Gasteiger partial charge < -0.3 is 10.6 Å². The summed E-state index contributed by atoms with van der Waals surface area (Å²) in [7, 11) is 0. The molecule has 0 fully saturated rings. The second-order valence-electron chi connectivity index (χ2n) is 6.10. The minimum absolute atomic E-state index is 0.0819. The summed E-state index contributed by atoms with van der Waals surface area (Å²) in [6.45, 7) is 3.73. The molecule has 28 heavy (non-hydrogen) atoms. The molecule has 2 aromatic carbocycles. The zero-order chi connectivity index (χ0) is 20.3. The number of carbonyl (C=O) groups excluding carboxylic acids is 1. The minimum atomic E-state index is -4.47. The normalized spacial score (nSPS) is 11.3. The van der Waals surface area contributed by atoms with Crippen molar-refractivity contribution in [3.8, 4) is 0 Å². The fourth-order valence-corrected chi connectivity index (χ4v) is 3.56. The molecule has 3 rings (SSSR count). The number of alkyl halides is 3. The fraction of sp³-hybridized carbons (Fsp3) is 0.200. The molecular weight excluding hydrogens is 387 g/mol. The van der Waals surface area contributed by atoms with Crippen LogP contribution in [0.5, 0.6) is 0 Å². The van der Waals surface area contributed by atoms with Crippen LogP contribution in [0.2, 0.25) is 0 Å². The van der Waals surface area contributed by atoms with Crippen molar-refractivity contribution < 1.29 is 18.0 Å². The van der Waals surface area contributed by atoms with Gasteiger partial charge in [-0.25, -0.2) is 4.98 Å². The number of halogens is 3. The third kappa shape index (κ3) is 4.51. The molecule has 4 nitrogen and oxygen atoms in total. The number of aryl methyl sites for hydroxylation is 2. The zero-order valence-electron chi connectivity index (χ0n) is 15.2. The van der Waals surface area contributed by atoms with E-state index >= 15 is 0 Å². The van der Waals surface area contributed by atoms with Crippen LogP contribution in [-0.4, -0.2) is 10.9 Å². The maximum absolute atomic E-state index is 12.8. The number of rotatable bonds is 5. The van der Waals surface area contributed by atoms with Gasteiger partial charge in [-0.3, -0.25) is 4.79 Å². The molecule has 0 atom stereocenters. The Labute approximate surface area is 164 Å². The Hall–Kier alpha value is -2.87. The van der Waals surface area contributed by atoms with Crippen molar-refractivity contribution in [3.05, 3.63) is 70.2 Å². The van der Waals surface area contributed by atoms with E-state index in [4.69, 9.17) is 0 Å². The fourth-order valence-electron chi connectivity index (χ4n) is 2.69. The Kier molecular flexibility index (Phi) is 5.69. The quantitative estimate of drug-likeness (QED) is 0.545. The van der Waals surface area contributed by atoms with E-state index in [0.29, 0.717) is 15.7 Å². The number of aromatic nitrogens is 1. The van der Waals surface area contributed by atoms with Gasteiger partial charge in [-0.1, -0.05) is 42.5 Å². The lowest BCUT2D eigenvalue weighted by Gasteiger charge is -2.09. The lowest BCUT2D eigenvalue weighted by Crippen LogP contribution is -2.13. The molecule has 0 saturated carbocycles. The first kappa shape index (κ1) is 19.9. The van der Waals surface area contributed by atoms with E-state index in [9.17, 15) is 18.0 Å². The van der Waals surface area contributed by atoms with Crippen molar-refractivity contribution in [1.29, 1.82) is 0 Å². The first-order valence-corrected chi connectivity index (χ1v) is 9.40. The number of carbonyl (C=O) groups is 1. The van der Waals surface area contributed by atoms with E-state index in [1.807, 2.05) is 31.2 Å². The first-order chi connectivity index (χ1) is 13.3. The molecule has 8 heteroatoms. The van der Waals surface area contributed by atoms with Crippen LogP contribution in [0.4, 0.5) is 29.7 Å². The van der Waals surface area contributed by atoms with Crippen molar-refractivity contribution in [2.75, 3.05) is 10.6 Å². The Morgan fingerprint density at radius 2 is 1.89 bits per heavy atom. The van der Waals surface area contributed by atoms with Crippen molar-refractivity contribution >= 4 is 33.8 Å². The summed E-state index contributed by atoms with van der Waals surface area (Å²) < 4.78 is 38.5. The van der Waals surface area contributed by atoms with Gasteiger partial charge in [0.1, 0.15) is 4.88 Å². The van der Waals surface area contributed by atoms with Gasteiger partial charge in [0.05, 0.1) is 11.3 Å². The van der Waals surface area contributed by atoms with Crippen LogP contribution in [0.3, 0.4) is 0 Å². The van der Waals surface area contributed by atoms with Crippen LogP contribution in [-0.2, 0) is 12.6 Å². The first-order valence-electron chi connectivity index (χ1n) is 8.59. The molecule has 3 aromatic rings. The van der Waals surface area contributed by atoms with Gasteiger partial charge in [0.2, 0.25) is 0 Å². The molecular formula is C20H18F3N3OS. The van der Waals surface area contributed by atoms with Gasteiger partial charge in [0.15, 0.2) is 5.13 Å².